The highest BCUT2D eigenvalue weighted by atomic mass is 79.9. The van der Waals surface area contributed by atoms with E-state index in [1.807, 2.05) is 14.1 Å². The Morgan fingerprint density at radius 3 is 2.90 bits per heavy atom. The van der Waals surface area contributed by atoms with Gasteiger partial charge in [0.2, 0.25) is 5.91 Å². The normalized spacial score (nSPS) is 19.9. The number of nitrogens with one attached hydrogen (secondary N) is 1. The minimum absolute atomic E-state index is 0.0769. The molecule has 0 bridgehead atoms. The Morgan fingerprint density at radius 1 is 1.50 bits per heavy atom. The number of halogens is 1. The zero-order valence-corrected chi connectivity index (χ0v) is 13.9. The van der Waals surface area contributed by atoms with Crippen molar-refractivity contribution in [3.05, 3.63) is 33.8 Å². The first-order valence-corrected chi connectivity index (χ1v) is 7.69. The smallest absolute Gasteiger partial charge is 0.240 e. The number of hydrogen-bond donors (Lipinski definition) is 1. The molecule has 0 spiro atoms. The zero-order valence-electron chi connectivity index (χ0n) is 12.3. The van der Waals surface area contributed by atoms with Gasteiger partial charge in [-0.05, 0) is 24.1 Å². The third kappa shape index (κ3) is 3.59. The Morgan fingerprint density at radius 2 is 2.25 bits per heavy atom. The summed E-state index contributed by atoms with van der Waals surface area (Å²) in [5, 5.41) is 3.31. The summed E-state index contributed by atoms with van der Waals surface area (Å²) in [5.74, 6) is 0.167. The van der Waals surface area contributed by atoms with Crippen LogP contribution in [0.5, 0.6) is 0 Å². The molecule has 5 heteroatoms. The van der Waals surface area contributed by atoms with E-state index in [-0.39, 0.29) is 11.9 Å². The molecule has 0 radical (unpaired) electrons. The van der Waals surface area contributed by atoms with Crippen LogP contribution >= 0.6 is 15.9 Å². The van der Waals surface area contributed by atoms with Crippen LogP contribution in [0.3, 0.4) is 0 Å². The van der Waals surface area contributed by atoms with Gasteiger partial charge in [0.15, 0.2) is 0 Å². The van der Waals surface area contributed by atoms with Gasteiger partial charge in [-0.25, -0.2) is 0 Å². The average Bonchev–Trinajstić information content (AvgIpc) is 2.41. The summed E-state index contributed by atoms with van der Waals surface area (Å²) >= 11 is 3.62. The van der Waals surface area contributed by atoms with Gasteiger partial charge in [0, 0.05) is 44.7 Å². The van der Waals surface area contributed by atoms with Gasteiger partial charge in [-0.15, -0.1) is 0 Å². The zero-order chi connectivity index (χ0) is 14.7. The lowest BCUT2D eigenvalue weighted by molar-refractivity contribution is -0.135. The molecule has 20 heavy (non-hydrogen) atoms. The van der Waals surface area contributed by atoms with Gasteiger partial charge in [0.05, 0.1) is 0 Å². The van der Waals surface area contributed by atoms with E-state index in [0.717, 1.165) is 30.7 Å². The Bertz CT molecular complexity index is 490. The molecular formula is C15H22BrN3O. The highest BCUT2D eigenvalue weighted by Gasteiger charge is 2.29. The van der Waals surface area contributed by atoms with Crippen molar-refractivity contribution in [2.75, 3.05) is 33.7 Å². The summed E-state index contributed by atoms with van der Waals surface area (Å²) in [5.41, 5.74) is 2.47. The van der Waals surface area contributed by atoms with E-state index in [1.165, 1.54) is 11.1 Å². The second-order valence-electron chi connectivity index (χ2n) is 5.52. The molecule has 110 valence electrons. The largest absolute Gasteiger partial charge is 0.347 e. The monoisotopic (exact) mass is 339 g/mol. The minimum Gasteiger partial charge on any atom is -0.347 e. The van der Waals surface area contributed by atoms with E-state index >= 15 is 0 Å². The van der Waals surface area contributed by atoms with Crippen LogP contribution in [0, 0.1) is 6.92 Å². The van der Waals surface area contributed by atoms with Crippen LogP contribution in [-0.2, 0) is 11.3 Å². The number of piperazine rings is 1. The Balaban J connectivity index is 2.14. The van der Waals surface area contributed by atoms with Crippen LogP contribution in [0.2, 0.25) is 0 Å². The van der Waals surface area contributed by atoms with Crippen LogP contribution in [0.4, 0.5) is 0 Å². The number of amides is 1. The van der Waals surface area contributed by atoms with Crippen molar-refractivity contribution in [3.63, 3.8) is 0 Å². The SMILES string of the molecule is Cc1ccc(CN2CCNCC2C(=O)N(C)C)c(Br)c1. The number of hydrogen-bond acceptors (Lipinski definition) is 3. The Labute approximate surface area is 129 Å². The molecule has 1 heterocycles. The lowest BCUT2D eigenvalue weighted by Crippen LogP contribution is -2.57. The second kappa shape index (κ2) is 6.70. The lowest BCUT2D eigenvalue weighted by Gasteiger charge is -2.36. The quantitative estimate of drug-likeness (QED) is 0.908. The first-order valence-electron chi connectivity index (χ1n) is 6.90. The van der Waals surface area contributed by atoms with Gasteiger partial charge in [0.25, 0.3) is 0 Å². The number of aryl methyl sites for hydroxylation is 1. The summed E-state index contributed by atoms with van der Waals surface area (Å²) in [6.45, 7) is 5.43. The molecule has 0 aromatic heterocycles. The maximum absolute atomic E-state index is 12.3. The predicted octanol–water partition coefficient (Wildman–Crippen LogP) is 1.62. The maximum atomic E-state index is 12.3. The molecule has 0 aliphatic carbocycles. The highest BCUT2D eigenvalue weighted by molar-refractivity contribution is 9.10. The summed E-state index contributed by atoms with van der Waals surface area (Å²) < 4.78 is 1.12. The van der Waals surface area contributed by atoms with Crippen molar-refractivity contribution in [2.45, 2.75) is 19.5 Å². The van der Waals surface area contributed by atoms with E-state index in [2.05, 4.69) is 51.3 Å². The summed E-state index contributed by atoms with van der Waals surface area (Å²) in [7, 11) is 3.63. The van der Waals surface area contributed by atoms with Gasteiger partial charge in [-0.1, -0.05) is 28.1 Å². The summed E-state index contributed by atoms with van der Waals surface area (Å²) in [6, 6.07) is 6.30. The fraction of sp³-hybridized carbons (Fsp3) is 0.533. The third-order valence-corrected chi connectivity index (χ3v) is 4.40. The molecular weight excluding hydrogens is 318 g/mol. The number of carbonyl (C=O) groups excluding carboxylic acids is 1. The van der Waals surface area contributed by atoms with Crippen molar-refractivity contribution in [1.82, 2.24) is 15.1 Å². The number of likely N-dealkylation sites (N-methyl/N-ethyl adjacent to an activating group) is 1. The first-order chi connectivity index (χ1) is 9.49. The van der Waals surface area contributed by atoms with Gasteiger partial charge < -0.3 is 10.2 Å². The molecule has 1 aliphatic heterocycles. The summed E-state index contributed by atoms with van der Waals surface area (Å²) in [6.07, 6.45) is 0. The van der Waals surface area contributed by atoms with Crippen LogP contribution in [0.1, 0.15) is 11.1 Å². The van der Waals surface area contributed by atoms with Crippen molar-refractivity contribution in [1.29, 1.82) is 0 Å². The fourth-order valence-corrected chi connectivity index (χ4v) is 3.10. The highest BCUT2D eigenvalue weighted by Crippen LogP contribution is 2.21. The van der Waals surface area contributed by atoms with Crippen molar-refractivity contribution < 1.29 is 4.79 Å². The molecule has 1 atom stereocenters. The molecule has 0 saturated carbocycles. The van der Waals surface area contributed by atoms with Gasteiger partial charge in [0.1, 0.15) is 6.04 Å². The molecule has 1 aliphatic rings. The maximum Gasteiger partial charge on any atom is 0.240 e. The van der Waals surface area contributed by atoms with Crippen LogP contribution in [-0.4, -0.2) is 55.5 Å². The number of nitrogens with zero attached hydrogens (tertiary/aromatic N) is 2. The predicted molar refractivity (Wildman–Crippen MR) is 84.6 cm³/mol. The Hall–Kier alpha value is -0.910. The number of carbonyl (C=O) groups is 1. The summed E-state index contributed by atoms with van der Waals surface area (Å²) in [4.78, 5) is 16.2. The van der Waals surface area contributed by atoms with Crippen molar-refractivity contribution in [2.24, 2.45) is 0 Å². The molecule has 1 saturated heterocycles. The fourth-order valence-electron chi connectivity index (χ4n) is 2.48. The molecule has 1 aromatic carbocycles. The topological polar surface area (TPSA) is 35.6 Å². The first kappa shape index (κ1) is 15.5. The molecule has 1 fully saturated rings. The number of benzene rings is 1. The second-order valence-corrected chi connectivity index (χ2v) is 6.37. The van der Waals surface area contributed by atoms with Gasteiger partial charge >= 0.3 is 0 Å². The van der Waals surface area contributed by atoms with Gasteiger partial charge in [-0.2, -0.15) is 0 Å². The number of rotatable bonds is 3. The van der Waals surface area contributed by atoms with Crippen molar-refractivity contribution in [3.8, 4) is 0 Å². The van der Waals surface area contributed by atoms with Crippen LogP contribution < -0.4 is 5.32 Å². The minimum atomic E-state index is -0.0769. The van der Waals surface area contributed by atoms with E-state index < -0.39 is 0 Å². The van der Waals surface area contributed by atoms with E-state index in [1.54, 1.807) is 4.90 Å². The molecule has 2 rings (SSSR count). The molecule has 1 amide bonds. The van der Waals surface area contributed by atoms with E-state index in [9.17, 15) is 4.79 Å². The van der Waals surface area contributed by atoms with E-state index in [4.69, 9.17) is 0 Å². The Kier molecular flexibility index (Phi) is 5.18. The lowest BCUT2D eigenvalue weighted by atomic mass is 10.1. The van der Waals surface area contributed by atoms with Crippen molar-refractivity contribution >= 4 is 21.8 Å². The molecule has 4 nitrogen and oxygen atoms in total. The van der Waals surface area contributed by atoms with E-state index in [0.29, 0.717) is 0 Å². The third-order valence-electron chi connectivity index (χ3n) is 3.66. The van der Waals surface area contributed by atoms with Crippen LogP contribution in [0.15, 0.2) is 22.7 Å². The standard InChI is InChI=1S/C15H22BrN3O/c1-11-4-5-12(13(16)8-11)10-19-7-6-17-9-14(19)15(20)18(2)3/h4-5,8,14,17H,6-7,9-10H2,1-3H3. The molecule has 1 aromatic rings. The van der Waals surface area contributed by atoms with Gasteiger partial charge in [-0.3, -0.25) is 9.69 Å². The molecule has 1 unspecified atom stereocenters. The van der Waals surface area contributed by atoms with Crippen LogP contribution in [0.25, 0.3) is 0 Å². The molecule has 1 N–H and O–H groups in total. The average molecular weight is 340 g/mol.